The van der Waals surface area contributed by atoms with E-state index < -0.39 is 0 Å². The Balaban J connectivity index is 2.22. The van der Waals surface area contributed by atoms with E-state index in [4.69, 9.17) is 4.42 Å². The molecule has 0 aliphatic rings. The fourth-order valence-electron chi connectivity index (χ4n) is 1.62. The number of aryl methyl sites for hydroxylation is 2. The number of anilines is 1. The Kier molecular flexibility index (Phi) is 3.33. The van der Waals surface area contributed by atoms with Crippen molar-refractivity contribution in [3.8, 4) is 0 Å². The molecule has 0 aliphatic carbocycles. The van der Waals surface area contributed by atoms with Crippen molar-refractivity contribution in [3.05, 3.63) is 51.9 Å². The Labute approximate surface area is 108 Å². The van der Waals surface area contributed by atoms with Crippen LogP contribution in [-0.2, 0) is 0 Å². The van der Waals surface area contributed by atoms with Crippen LogP contribution in [0.25, 0.3) is 0 Å². The first-order chi connectivity index (χ1) is 8.08. The Hall–Kier alpha value is -1.55. The number of furan rings is 1. The standard InChI is InChI=1S/C13H12BrNO2/c1-8-6-10(7-9(2)12(8)14)15-13(16)11-4-3-5-17-11/h3-7H,1-2H3,(H,15,16). The summed E-state index contributed by atoms with van der Waals surface area (Å²) in [7, 11) is 0. The van der Waals surface area contributed by atoms with Gasteiger partial charge in [0.2, 0.25) is 0 Å². The van der Waals surface area contributed by atoms with Crippen LogP contribution in [0.2, 0.25) is 0 Å². The summed E-state index contributed by atoms with van der Waals surface area (Å²) >= 11 is 3.49. The predicted molar refractivity (Wildman–Crippen MR) is 70.3 cm³/mol. The Morgan fingerprint density at radius 1 is 1.29 bits per heavy atom. The van der Waals surface area contributed by atoms with E-state index in [1.54, 1.807) is 12.1 Å². The molecule has 2 rings (SSSR count). The van der Waals surface area contributed by atoms with E-state index in [-0.39, 0.29) is 5.91 Å². The van der Waals surface area contributed by atoms with Gasteiger partial charge in [-0.25, -0.2) is 0 Å². The highest BCUT2D eigenvalue weighted by Crippen LogP contribution is 2.25. The van der Waals surface area contributed by atoms with E-state index >= 15 is 0 Å². The highest BCUT2D eigenvalue weighted by Gasteiger charge is 2.10. The maximum atomic E-state index is 11.8. The molecule has 17 heavy (non-hydrogen) atoms. The van der Waals surface area contributed by atoms with Crippen molar-refractivity contribution in [2.75, 3.05) is 5.32 Å². The first-order valence-corrected chi connectivity index (χ1v) is 5.99. The van der Waals surface area contributed by atoms with Gasteiger partial charge < -0.3 is 9.73 Å². The summed E-state index contributed by atoms with van der Waals surface area (Å²) in [6, 6.07) is 7.15. The number of nitrogens with one attached hydrogen (secondary N) is 1. The highest BCUT2D eigenvalue weighted by atomic mass is 79.9. The Morgan fingerprint density at radius 3 is 2.47 bits per heavy atom. The number of carbonyl (C=O) groups excluding carboxylic acids is 1. The van der Waals surface area contributed by atoms with Crippen LogP contribution in [0.4, 0.5) is 5.69 Å². The Bertz CT molecular complexity index is 524. The van der Waals surface area contributed by atoms with Gasteiger partial charge in [-0.1, -0.05) is 15.9 Å². The quantitative estimate of drug-likeness (QED) is 0.912. The molecule has 0 saturated heterocycles. The second-order valence-corrected chi connectivity index (χ2v) is 4.65. The van der Waals surface area contributed by atoms with Gasteiger partial charge in [0.05, 0.1) is 6.26 Å². The van der Waals surface area contributed by atoms with Gasteiger partial charge in [-0.05, 0) is 49.2 Å². The molecule has 0 atom stereocenters. The molecular weight excluding hydrogens is 282 g/mol. The zero-order valence-electron chi connectivity index (χ0n) is 9.58. The third kappa shape index (κ3) is 2.58. The van der Waals surface area contributed by atoms with Crippen molar-refractivity contribution in [1.29, 1.82) is 0 Å². The van der Waals surface area contributed by atoms with E-state index in [1.807, 2.05) is 26.0 Å². The Morgan fingerprint density at radius 2 is 1.94 bits per heavy atom. The summed E-state index contributed by atoms with van der Waals surface area (Å²) in [4.78, 5) is 11.8. The van der Waals surface area contributed by atoms with Crippen LogP contribution >= 0.6 is 15.9 Å². The van der Waals surface area contributed by atoms with Crippen molar-refractivity contribution in [1.82, 2.24) is 0 Å². The minimum absolute atomic E-state index is 0.240. The normalized spacial score (nSPS) is 10.3. The second kappa shape index (κ2) is 4.75. The van der Waals surface area contributed by atoms with Crippen molar-refractivity contribution >= 4 is 27.5 Å². The SMILES string of the molecule is Cc1cc(NC(=O)c2ccco2)cc(C)c1Br. The minimum atomic E-state index is -0.240. The van der Waals surface area contributed by atoms with Gasteiger partial charge in [-0.3, -0.25) is 4.79 Å². The average molecular weight is 294 g/mol. The number of amides is 1. The van der Waals surface area contributed by atoms with Crippen LogP contribution in [0, 0.1) is 13.8 Å². The number of carbonyl (C=O) groups is 1. The molecule has 3 nitrogen and oxygen atoms in total. The zero-order valence-corrected chi connectivity index (χ0v) is 11.2. The van der Waals surface area contributed by atoms with Gasteiger partial charge in [0, 0.05) is 10.2 Å². The average Bonchev–Trinajstić information content (AvgIpc) is 2.79. The smallest absolute Gasteiger partial charge is 0.291 e. The van der Waals surface area contributed by atoms with Gasteiger partial charge in [0.25, 0.3) is 5.91 Å². The maximum absolute atomic E-state index is 11.8. The summed E-state index contributed by atoms with van der Waals surface area (Å²) in [5.74, 6) is 0.0688. The monoisotopic (exact) mass is 293 g/mol. The maximum Gasteiger partial charge on any atom is 0.291 e. The van der Waals surface area contributed by atoms with E-state index in [0.717, 1.165) is 21.3 Å². The summed E-state index contributed by atoms with van der Waals surface area (Å²) in [6.45, 7) is 3.97. The molecule has 88 valence electrons. The molecular formula is C13H12BrNO2. The second-order valence-electron chi connectivity index (χ2n) is 3.86. The molecule has 0 unspecified atom stereocenters. The fourth-order valence-corrected chi connectivity index (χ4v) is 1.85. The molecule has 0 radical (unpaired) electrons. The van der Waals surface area contributed by atoms with Gasteiger partial charge in [-0.2, -0.15) is 0 Å². The lowest BCUT2D eigenvalue weighted by molar-refractivity contribution is 0.0996. The van der Waals surface area contributed by atoms with Gasteiger partial charge in [0.15, 0.2) is 5.76 Å². The molecule has 1 aromatic heterocycles. The third-order valence-electron chi connectivity index (χ3n) is 2.44. The number of hydrogen-bond acceptors (Lipinski definition) is 2. The van der Waals surface area contributed by atoms with Crippen LogP contribution in [0.15, 0.2) is 39.4 Å². The molecule has 1 heterocycles. The first-order valence-electron chi connectivity index (χ1n) is 5.19. The number of halogens is 1. The first kappa shape index (κ1) is 11.9. The molecule has 1 aromatic carbocycles. The number of rotatable bonds is 2. The van der Waals surface area contributed by atoms with Gasteiger partial charge in [-0.15, -0.1) is 0 Å². The van der Waals surface area contributed by atoms with Gasteiger partial charge in [0.1, 0.15) is 0 Å². The number of hydrogen-bond donors (Lipinski definition) is 1. The summed E-state index contributed by atoms with van der Waals surface area (Å²) in [5.41, 5.74) is 2.93. The molecule has 1 N–H and O–H groups in total. The molecule has 0 bridgehead atoms. The van der Waals surface area contributed by atoms with Crippen molar-refractivity contribution in [2.24, 2.45) is 0 Å². The fraction of sp³-hybridized carbons (Fsp3) is 0.154. The van der Waals surface area contributed by atoms with E-state index in [2.05, 4.69) is 21.2 Å². The van der Waals surface area contributed by atoms with Crippen LogP contribution < -0.4 is 5.32 Å². The van der Waals surface area contributed by atoms with Crippen LogP contribution in [0.3, 0.4) is 0 Å². The summed E-state index contributed by atoms with van der Waals surface area (Å²) in [6.07, 6.45) is 1.48. The molecule has 0 fully saturated rings. The van der Waals surface area contributed by atoms with Crippen LogP contribution in [-0.4, -0.2) is 5.91 Å². The summed E-state index contributed by atoms with van der Waals surface area (Å²) in [5, 5.41) is 2.80. The molecule has 1 amide bonds. The van der Waals surface area contributed by atoms with E-state index in [0.29, 0.717) is 5.76 Å². The minimum Gasteiger partial charge on any atom is -0.459 e. The molecule has 0 aliphatic heterocycles. The largest absolute Gasteiger partial charge is 0.459 e. The lowest BCUT2D eigenvalue weighted by Crippen LogP contribution is -2.11. The highest BCUT2D eigenvalue weighted by molar-refractivity contribution is 9.10. The number of benzene rings is 1. The third-order valence-corrected chi connectivity index (χ3v) is 3.69. The molecule has 2 aromatic rings. The van der Waals surface area contributed by atoms with Crippen molar-refractivity contribution in [2.45, 2.75) is 13.8 Å². The van der Waals surface area contributed by atoms with Crippen LogP contribution in [0.5, 0.6) is 0 Å². The topological polar surface area (TPSA) is 42.2 Å². The lowest BCUT2D eigenvalue weighted by Gasteiger charge is -2.08. The van der Waals surface area contributed by atoms with Crippen molar-refractivity contribution < 1.29 is 9.21 Å². The molecule has 4 heteroatoms. The van der Waals surface area contributed by atoms with Crippen molar-refractivity contribution in [3.63, 3.8) is 0 Å². The van der Waals surface area contributed by atoms with E-state index in [9.17, 15) is 4.79 Å². The summed E-state index contributed by atoms with van der Waals surface area (Å²) < 4.78 is 6.09. The van der Waals surface area contributed by atoms with Crippen LogP contribution in [0.1, 0.15) is 21.7 Å². The zero-order chi connectivity index (χ0) is 12.4. The molecule has 0 spiro atoms. The van der Waals surface area contributed by atoms with Gasteiger partial charge >= 0.3 is 0 Å². The predicted octanol–water partition coefficient (Wildman–Crippen LogP) is 3.91. The lowest BCUT2D eigenvalue weighted by atomic mass is 10.1. The molecule has 0 saturated carbocycles. The van der Waals surface area contributed by atoms with E-state index in [1.165, 1.54) is 6.26 Å².